The second-order valence-corrected chi connectivity index (χ2v) is 5.27. The van der Waals surface area contributed by atoms with Crippen LogP contribution in [0.3, 0.4) is 0 Å². The Morgan fingerprint density at radius 1 is 1.48 bits per heavy atom. The van der Waals surface area contributed by atoms with Gasteiger partial charge in [0, 0.05) is 39.3 Å². The Labute approximate surface area is 124 Å². The van der Waals surface area contributed by atoms with Gasteiger partial charge in [-0.05, 0) is 0 Å². The Morgan fingerprint density at radius 2 is 2.24 bits per heavy atom. The van der Waals surface area contributed by atoms with Crippen LogP contribution in [-0.2, 0) is 14.3 Å². The summed E-state index contributed by atoms with van der Waals surface area (Å²) in [6.45, 7) is 1.47. The highest BCUT2D eigenvalue weighted by Gasteiger charge is 2.40. The molecule has 0 saturated carbocycles. The van der Waals surface area contributed by atoms with Crippen molar-refractivity contribution in [3.8, 4) is 12.3 Å². The SMILES string of the molecule is C#CCCC1(CCC(=O)N2CC(=O)N(CCOC)C2)N=N1. The fraction of sp³-hybridized carbons (Fsp3) is 0.714. The average Bonchev–Trinajstić information content (AvgIpc) is 3.16. The van der Waals surface area contributed by atoms with E-state index >= 15 is 0 Å². The van der Waals surface area contributed by atoms with Crippen molar-refractivity contribution in [1.82, 2.24) is 9.80 Å². The number of nitrogens with zero attached hydrogens (tertiary/aromatic N) is 4. The molecule has 0 N–H and O–H groups in total. The topological polar surface area (TPSA) is 74.6 Å². The van der Waals surface area contributed by atoms with Crippen molar-refractivity contribution in [2.75, 3.05) is 33.5 Å². The summed E-state index contributed by atoms with van der Waals surface area (Å²) in [5.74, 6) is 2.48. The number of amides is 2. The van der Waals surface area contributed by atoms with E-state index in [0.717, 1.165) is 0 Å². The molecule has 1 saturated heterocycles. The molecule has 114 valence electrons. The number of carbonyl (C=O) groups excluding carboxylic acids is 2. The smallest absolute Gasteiger partial charge is 0.243 e. The molecular weight excluding hydrogens is 272 g/mol. The van der Waals surface area contributed by atoms with E-state index in [9.17, 15) is 9.59 Å². The van der Waals surface area contributed by atoms with E-state index in [2.05, 4.69) is 16.1 Å². The van der Waals surface area contributed by atoms with Gasteiger partial charge in [0.25, 0.3) is 0 Å². The summed E-state index contributed by atoms with van der Waals surface area (Å²) in [5, 5.41) is 8.01. The summed E-state index contributed by atoms with van der Waals surface area (Å²) in [7, 11) is 1.59. The molecule has 0 unspecified atom stereocenters. The Morgan fingerprint density at radius 3 is 2.86 bits per heavy atom. The number of hydrogen-bond donors (Lipinski definition) is 0. The van der Waals surface area contributed by atoms with E-state index in [-0.39, 0.29) is 18.4 Å². The second kappa shape index (κ2) is 6.68. The lowest BCUT2D eigenvalue weighted by molar-refractivity contribution is -0.132. The molecule has 7 heteroatoms. The molecule has 21 heavy (non-hydrogen) atoms. The lowest BCUT2D eigenvalue weighted by Crippen LogP contribution is -2.33. The molecule has 0 aromatic carbocycles. The monoisotopic (exact) mass is 292 g/mol. The van der Waals surface area contributed by atoms with E-state index in [1.54, 1.807) is 16.9 Å². The molecule has 0 aromatic rings. The van der Waals surface area contributed by atoms with Gasteiger partial charge >= 0.3 is 0 Å². The van der Waals surface area contributed by atoms with Gasteiger partial charge in [-0.15, -0.1) is 12.3 Å². The van der Waals surface area contributed by atoms with E-state index in [1.165, 1.54) is 0 Å². The maximum atomic E-state index is 12.2. The van der Waals surface area contributed by atoms with Gasteiger partial charge < -0.3 is 14.5 Å². The third-order valence-corrected chi connectivity index (χ3v) is 3.73. The number of terminal acetylenes is 1. The first-order valence-corrected chi connectivity index (χ1v) is 7.02. The van der Waals surface area contributed by atoms with Crippen LogP contribution in [0.2, 0.25) is 0 Å². The van der Waals surface area contributed by atoms with Crippen LogP contribution < -0.4 is 0 Å². The zero-order valence-corrected chi connectivity index (χ0v) is 12.2. The van der Waals surface area contributed by atoms with Crippen molar-refractivity contribution >= 4 is 11.8 Å². The number of methoxy groups -OCH3 is 1. The summed E-state index contributed by atoms with van der Waals surface area (Å²) < 4.78 is 4.95. The molecule has 2 heterocycles. The first-order chi connectivity index (χ1) is 10.1. The van der Waals surface area contributed by atoms with Gasteiger partial charge in [-0.3, -0.25) is 9.59 Å². The Hall–Kier alpha value is -1.94. The summed E-state index contributed by atoms with van der Waals surface area (Å²) in [6.07, 6.45) is 7.43. The van der Waals surface area contributed by atoms with Crippen molar-refractivity contribution in [1.29, 1.82) is 0 Å². The van der Waals surface area contributed by atoms with Crippen LogP contribution in [0.4, 0.5) is 0 Å². The maximum Gasteiger partial charge on any atom is 0.243 e. The van der Waals surface area contributed by atoms with Crippen molar-refractivity contribution < 1.29 is 14.3 Å². The van der Waals surface area contributed by atoms with Crippen molar-refractivity contribution in [3.63, 3.8) is 0 Å². The van der Waals surface area contributed by atoms with Gasteiger partial charge in [-0.1, -0.05) is 0 Å². The number of ether oxygens (including phenoxy) is 1. The molecule has 1 fully saturated rings. The minimum Gasteiger partial charge on any atom is -0.383 e. The molecule has 2 aliphatic heterocycles. The van der Waals surface area contributed by atoms with Crippen LogP contribution in [0.15, 0.2) is 10.2 Å². The second-order valence-electron chi connectivity index (χ2n) is 5.27. The zero-order valence-electron chi connectivity index (χ0n) is 12.2. The molecule has 0 bridgehead atoms. The summed E-state index contributed by atoms with van der Waals surface area (Å²) in [5.41, 5.74) is -0.443. The highest BCUT2D eigenvalue weighted by Crippen LogP contribution is 2.37. The highest BCUT2D eigenvalue weighted by molar-refractivity contribution is 5.87. The number of carbonyl (C=O) groups is 2. The van der Waals surface area contributed by atoms with Crippen molar-refractivity contribution in [2.45, 2.75) is 31.3 Å². The van der Waals surface area contributed by atoms with Gasteiger partial charge in [0.15, 0.2) is 5.66 Å². The Balaban J connectivity index is 1.74. The Bertz CT molecular complexity index is 477. The van der Waals surface area contributed by atoms with Crippen LogP contribution in [0.25, 0.3) is 0 Å². The zero-order chi connectivity index (χ0) is 15.3. The summed E-state index contributed by atoms with van der Waals surface area (Å²) in [6, 6.07) is 0. The van der Waals surface area contributed by atoms with Crippen LogP contribution in [-0.4, -0.2) is 60.8 Å². The minimum atomic E-state index is -0.443. The fourth-order valence-corrected chi connectivity index (χ4v) is 2.30. The van der Waals surface area contributed by atoms with E-state index in [0.29, 0.717) is 45.5 Å². The first kappa shape index (κ1) is 15.4. The molecule has 0 atom stereocenters. The van der Waals surface area contributed by atoms with E-state index in [4.69, 9.17) is 11.2 Å². The fourth-order valence-electron chi connectivity index (χ4n) is 2.30. The van der Waals surface area contributed by atoms with Crippen LogP contribution in [0, 0.1) is 12.3 Å². The van der Waals surface area contributed by atoms with Gasteiger partial charge in [-0.2, -0.15) is 10.2 Å². The number of rotatable bonds is 8. The average molecular weight is 292 g/mol. The molecular formula is C14H20N4O3. The van der Waals surface area contributed by atoms with E-state index < -0.39 is 5.66 Å². The molecule has 0 aliphatic carbocycles. The maximum absolute atomic E-state index is 12.2. The predicted octanol–water partition coefficient (Wildman–Crippen LogP) is 0.617. The van der Waals surface area contributed by atoms with Crippen LogP contribution >= 0.6 is 0 Å². The van der Waals surface area contributed by atoms with Gasteiger partial charge in [-0.25, -0.2) is 0 Å². The summed E-state index contributed by atoms with van der Waals surface area (Å²) in [4.78, 5) is 27.1. The molecule has 7 nitrogen and oxygen atoms in total. The molecule has 2 rings (SSSR count). The van der Waals surface area contributed by atoms with Crippen LogP contribution in [0.5, 0.6) is 0 Å². The lowest BCUT2D eigenvalue weighted by atomic mass is 10.0. The minimum absolute atomic E-state index is 0.0387. The quantitative estimate of drug-likeness (QED) is 0.615. The van der Waals surface area contributed by atoms with Gasteiger partial charge in [0.05, 0.1) is 13.3 Å². The third-order valence-electron chi connectivity index (χ3n) is 3.73. The van der Waals surface area contributed by atoms with Crippen molar-refractivity contribution in [3.05, 3.63) is 0 Å². The van der Waals surface area contributed by atoms with Gasteiger partial charge in [0.2, 0.25) is 11.8 Å². The summed E-state index contributed by atoms with van der Waals surface area (Å²) >= 11 is 0. The normalized spacial score (nSPS) is 19.0. The Kier molecular flexibility index (Phi) is 4.91. The lowest BCUT2D eigenvalue weighted by Gasteiger charge is -2.18. The first-order valence-electron chi connectivity index (χ1n) is 7.02. The number of hydrogen-bond acceptors (Lipinski definition) is 5. The largest absolute Gasteiger partial charge is 0.383 e. The van der Waals surface area contributed by atoms with E-state index in [1.807, 2.05) is 0 Å². The van der Waals surface area contributed by atoms with Crippen LogP contribution in [0.1, 0.15) is 25.7 Å². The van der Waals surface area contributed by atoms with Crippen molar-refractivity contribution in [2.24, 2.45) is 10.2 Å². The predicted molar refractivity (Wildman–Crippen MR) is 75.1 cm³/mol. The standard InChI is InChI=1S/C14H20N4O3/c1-3-4-6-14(15-16-14)7-5-12(19)18-10-13(20)17(11-18)8-9-21-2/h1H,4-11H2,2H3. The molecule has 0 radical (unpaired) electrons. The molecule has 2 aliphatic rings. The molecule has 0 aromatic heterocycles. The molecule has 2 amide bonds. The third kappa shape index (κ3) is 4.02. The van der Waals surface area contributed by atoms with Gasteiger partial charge in [0.1, 0.15) is 6.54 Å². The molecule has 0 spiro atoms. The highest BCUT2D eigenvalue weighted by atomic mass is 16.5.